The summed E-state index contributed by atoms with van der Waals surface area (Å²) in [6, 6.07) is 17.4. The zero-order valence-electron chi connectivity index (χ0n) is 18.2. The maximum absolute atomic E-state index is 4.90. The Kier molecular flexibility index (Phi) is 6.29. The first-order chi connectivity index (χ1) is 14.7. The predicted octanol–water partition coefficient (Wildman–Crippen LogP) is 4.63. The first-order valence-corrected chi connectivity index (χ1v) is 10.8. The third-order valence-corrected chi connectivity index (χ3v) is 5.80. The molecule has 1 aliphatic rings. The van der Waals surface area contributed by atoms with Gasteiger partial charge in [0.1, 0.15) is 0 Å². The summed E-state index contributed by atoms with van der Waals surface area (Å²) in [7, 11) is 6.17. The van der Waals surface area contributed by atoms with E-state index in [9.17, 15) is 0 Å². The molecule has 5 nitrogen and oxygen atoms in total. The van der Waals surface area contributed by atoms with Crippen molar-refractivity contribution in [1.82, 2.24) is 14.9 Å². The summed E-state index contributed by atoms with van der Waals surface area (Å²) in [6.07, 6.45) is 5.21. The SMILES string of the molecule is CNc1ccc(C2Cc3cnc(NCCCCN(C)C)nc3-c3ccccc32)cc1. The van der Waals surface area contributed by atoms with Crippen molar-refractivity contribution in [3.8, 4) is 11.3 Å². The van der Waals surface area contributed by atoms with Gasteiger partial charge < -0.3 is 15.5 Å². The number of nitrogens with one attached hydrogen (secondary N) is 2. The van der Waals surface area contributed by atoms with Gasteiger partial charge in [0.15, 0.2) is 0 Å². The molecule has 0 aliphatic heterocycles. The van der Waals surface area contributed by atoms with Gasteiger partial charge in [-0.1, -0.05) is 36.4 Å². The number of hydrogen-bond donors (Lipinski definition) is 2. The Hall–Kier alpha value is -2.92. The molecule has 1 aromatic heterocycles. The minimum atomic E-state index is 0.327. The molecule has 0 fully saturated rings. The summed E-state index contributed by atoms with van der Waals surface area (Å²) in [6.45, 7) is 2.01. The second kappa shape index (κ2) is 9.26. The summed E-state index contributed by atoms with van der Waals surface area (Å²) in [5.41, 5.74) is 7.31. The molecular weight excluding hydrogens is 370 g/mol. The van der Waals surface area contributed by atoms with Crippen molar-refractivity contribution in [2.45, 2.75) is 25.2 Å². The monoisotopic (exact) mass is 401 g/mol. The molecule has 1 unspecified atom stereocenters. The van der Waals surface area contributed by atoms with Gasteiger partial charge in [0.25, 0.3) is 0 Å². The normalized spacial score (nSPS) is 14.9. The highest BCUT2D eigenvalue weighted by atomic mass is 15.1. The second-order valence-corrected chi connectivity index (χ2v) is 8.22. The molecule has 0 saturated heterocycles. The molecule has 0 spiro atoms. The molecule has 1 heterocycles. The average molecular weight is 402 g/mol. The Bertz CT molecular complexity index is 981. The van der Waals surface area contributed by atoms with Crippen molar-refractivity contribution in [2.24, 2.45) is 0 Å². The standard InChI is InChI=1S/C25H31N5/c1-26-20-12-10-18(11-13-20)23-16-19-17-28-25(27-14-6-7-15-30(2)3)29-24(19)22-9-5-4-8-21(22)23/h4-5,8-13,17,23,26H,6-7,14-16H2,1-3H3,(H,27,28,29). The molecule has 0 bridgehead atoms. The third kappa shape index (κ3) is 4.46. The highest BCUT2D eigenvalue weighted by molar-refractivity contribution is 5.72. The van der Waals surface area contributed by atoms with E-state index in [4.69, 9.17) is 4.98 Å². The number of aromatic nitrogens is 2. The smallest absolute Gasteiger partial charge is 0.223 e. The average Bonchev–Trinajstić information content (AvgIpc) is 2.78. The summed E-state index contributed by atoms with van der Waals surface area (Å²) in [5, 5.41) is 6.61. The molecular formula is C25H31N5. The maximum Gasteiger partial charge on any atom is 0.223 e. The fourth-order valence-electron chi connectivity index (χ4n) is 4.15. The van der Waals surface area contributed by atoms with Crippen LogP contribution in [-0.2, 0) is 6.42 Å². The van der Waals surface area contributed by atoms with Gasteiger partial charge in [-0.3, -0.25) is 0 Å². The van der Waals surface area contributed by atoms with Gasteiger partial charge in [-0.2, -0.15) is 0 Å². The molecule has 3 aromatic rings. The first-order valence-electron chi connectivity index (χ1n) is 10.8. The molecule has 4 rings (SSSR count). The van der Waals surface area contributed by atoms with Crippen molar-refractivity contribution in [3.05, 3.63) is 71.4 Å². The Morgan fingerprint density at radius 2 is 1.83 bits per heavy atom. The van der Waals surface area contributed by atoms with Gasteiger partial charge >= 0.3 is 0 Å². The van der Waals surface area contributed by atoms with Crippen LogP contribution in [0.2, 0.25) is 0 Å². The molecule has 0 amide bonds. The lowest BCUT2D eigenvalue weighted by molar-refractivity contribution is 0.396. The van der Waals surface area contributed by atoms with Crippen LogP contribution in [-0.4, -0.2) is 49.1 Å². The van der Waals surface area contributed by atoms with Crippen LogP contribution < -0.4 is 10.6 Å². The molecule has 0 radical (unpaired) electrons. The van der Waals surface area contributed by atoms with E-state index >= 15 is 0 Å². The van der Waals surface area contributed by atoms with Crippen LogP contribution >= 0.6 is 0 Å². The Balaban J connectivity index is 1.55. The van der Waals surface area contributed by atoms with Crippen LogP contribution in [0.3, 0.4) is 0 Å². The van der Waals surface area contributed by atoms with E-state index in [1.165, 1.54) is 28.7 Å². The molecule has 2 N–H and O–H groups in total. The lowest BCUT2D eigenvalue weighted by Gasteiger charge is -2.27. The number of benzene rings is 2. The molecule has 2 aromatic carbocycles. The van der Waals surface area contributed by atoms with Crippen LogP contribution in [0, 0.1) is 0 Å². The van der Waals surface area contributed by atoms with E-state index in [0.29, 0.717) is 5.92 Å². The van der Waals surface area contributed by atoms with E-state index in [0.717, 1.165) is 43.3 Å². The maximum atomic E-state index is 4.90. The van der Waals surface area contributed by atoms with Gasteiger partial charge in [-0.15, -0.1) is 0 Å². The fraction of sp³-hybridized carbons (Fsp3) is 0.360. The van der Waals surface area contributed by atoms with Gasteiger partial charge in [-0.05, 0) is 68.7 Å². The molecule has 5 heteroatoms. The third-order valence-electron chi connectivity index (χ3n) is 5.80. The van der Waals surface area contributed by atoms with E-state index < -0.39 is 0 Å². The minimum absolute atomic E-state index is 0.327. The quantitative estimate of drug-likeness (QED) is 0.539. The lowest BCUT2D eigenvalue weighted by Crippen LogP contribution is -2.16. The van der Waals surface area contributed by atoms with Gasteiger partial charge in [-0.25, -0.2) is 9.97 Å². The van der Waals surface area contributed by atoms with Crippen molar-refractivity contribution in [3.63, 3.8) is 0 Å². The van der Waals surface area contributed by atoms with Gasteiger partial charge in [0.2, 0.25) is 5.95 Å². The van der Waals surface area contributed by atoms with Crippen molar-refractivity contribution >= 4 is 11.6 Å². The molecule has 156 valence electrons. The Morgan fingerprint density at radius 1 is 1.03 bits per heavy atom. The minimum Gasteiger partial charge on any atom is -0.388 e. The fourth-order valence-corrected chi connectivity index (χ4v) is 4.15. The Labute approximate surface area is 179 Å². The number of rotatable bonds is 8. The van der Waals surface area contributed by atoms with E-state index in [2.05, 4.69) is 83.1 Å². The molecule has 1 atom stereocenters. The van der Waals surface area contributed by atoms with Gasteiger partial charge in [0.05, 0.1) is 5.69 Å². The van der Waals surface area contributed by atoms with Crippen LogP contribution in [0.5, 0.6) is 0 Å². The molecule has 30 heavy (non-hydrogen) atoms. The zero-order valence-corrected chi connectivity index (χ0v) is 18.2. The Morgan fingerprint density at radius 3 is 2.60 bits per heavy atom. The number of anilines is 2. The first kappa shape index (κ1) is 20.4. The van der Waals surface area contributed by atoms with E-state index in [-0.39, 0.29) is 0 Å². The number of unbranched alkanes of at least 4 members (excludes halogenated alkanes) is 1. The van der Waals surface area contributed by atoms with Crippen LogP contribution in [0.4, 0.5) is 11.6 Å². The molecule has 1 aliphatic carbocycles. The van der Waals surface area contributed by atoms with E-state index in [1.54, 1.807) is 0 Å². The topological polar surface area (TPSA) is 53.1 Å². The summed E-state index contributed by atoms with van der Waals surface area (Å²) < 4.78 is 0. The number of hydrogen-bond acceptors (Lipinski definition) is 5. The highest BCUT2D eigenvalue weighted by Crippen LogP contribution is 2.41. The van der Waals surface area contributed by atoms with Gasteiger partial charge in [0, 0.05) is 37.0 Å². The predicted molar refractivity (Wildman–Crippen MR) is 125 cm³/mol. The van der Waals surface area contributed by atoms with Crippen LogP contribution in [0.15, 0.2) is 54.7 Å². The van der Waals surface area contributed by atoms with Crippen LogP contribution in [0.1, 0.15) is 35.4 Å². The number of fused-ring (bicyclic) bond motifs is 3. The number of nitrogens with zero attached hydrogens (tertiary/aromatic N) is 3. The largest absolute Gasteiger partial charge is 0.388 e. The summed E-state index contributed by atoms with van der Waals surface area (Å²) in [5.74, 6) is 1.05. The highest BCUT2D eigenvalue weighted by Gasteiger charge is 2.27. The summed E-state index contributed by atoms with van der Waals surface area (Å²) >= 11 is 0. The molecule has 0 saturated carbocycles. The lowest BCUT2D eigenvalue weighted by atomic mass is 9.78. The second-order valence-electron chi connectivity index (χ2n) is 8.22. The zero-order chi connectivity index (χ0) is 20.9. The van der Waals surface area contributed by atoms with Crippen molar-refractivity contribution in [2.75, 3.05) is 44.9 Å². The van der Waals surface area contributed by atoms with Crippen LogP contribution in [0.25, 0.3) is 11.3 Å². The van der Waals surface area contributed by atoms with Crippen molar-refractivity contribution in [1.29, 1.82) is 0 Å². The van der Waals surface area contributed by atoms with E-state index in [1.807, 2.05) is 13.2 Å². The van der Waals surface area contributed by atoms with Crippen molar-refractivity contribution < 1.29 is 0 Å². The summed E-state index contributed by atoms with van der Waals surface area (Å²) in [4.78, 5) is 11.7.